The quantitative estimate of drug-likeness (QED) is 0.674. The van der Waals surface area contributed by atoms with E-state index in [4.69, 9.17) is 14.5 Å². The molecule has 1 aliphatic rings. The molecule has 1 atom stereocenters. The fraction of sp³-hybridized carbons (Fsp3) is 0.250. The Kier molecular flexibility index (Phi) is 4.97. The first-order valence-corrected chi connectivity index (χ1v) is 9.60. The zero-order valence-corrected chi connectivity index (χ0v) is 16.7. The summed E-state index contributed by atoms with van der Waals surface area (Å²) >= 11 is 0. The normalized spacial score (nSPS) is 17.2. The molecule has 3 aromatic rings. The minimum Gasteiger partial charge on any atom is -0.493 e. The first-order chi connectivity index (χ1) is 14.0. The Bertz CT molecular complexity index is 1130. The number of hydrogen-bond donors (Lipinski definition) is 1. The van der Waals surface area contributed by atoms with Crippen molar-refractivity contribution in [3.05, 3.63) is 64.8 Å². The molecule has 0 fully saturated rings. The van der Waals surface area contributed by atoms with Crippen molar-refractivity contribution in [2.24, 2.45) is 5.92 Å². The Labute approximate surface area is 169 Å². The van der Waals surface area contributed by atoms with Crippen LogP contribution < -0.4 is 9.47 Å². The summed E-state index contributed by atoms with van der Waals surface area (Å²) in [6, 6.07) is 13.2. The average molecular weight is 389 g/mol. The van der Waals surface area contributed by atoms with E-state index in [1.807, 2.05) is 48.5 Å². The SMILES string of the molecule is COc1cccc(/C=C2/CC(C)Cc3c2nc2ccccc2c3C(=O)O)c1OC. The number of fused-ring (bicyclic) bond motifs is 2. The molecule has 29 heavy (non-hydrogen) atoms. The molecule has 1 unspecified atom stereocenters. The minimum absolute atomic E-state index is 0.311. The lowest BCUT2D eigenvalue weighted by atomic mass is 9.80. The molecule has 0 aliphatic heterocycles. The molecule has 1 N–H and O–H groups in total. The molecule has 4 rings (SSSR count). The molecule has 1 aromatic heterocycles. The van der Waals surface area contributed by atoms with E-state index in [1.165, 1.54) is 0 Å². The molecule has 0 amide bonds. The molecule has 0 radical (unpaired) electrons. The standard InChI is InChI=1S/C24H23NO4/c1-14-11-16(13-15-7-6-10-20(28-2)23(15)29-3)22-18(12-14)21(24(26)27)17-8-4-5-9-19(17)25-22/h4-10,13-14H,11-12H2,1-3H3,(H,26,27)/b16-13-. The van der Waals surface area contributed by atoms with Crippen molar-refractivity contribution >= 4 is 28.5 Å². The fourth-order valence-corrected chi connectivity index (χ4v) is 4.19. The monoisotopic (exact) mass is 389 g/mol. The summed E-state index contributed by atoms with van der Waals surface area (Å²) in [6.07, 6.45) is 3.56. The topological polar surface area (TPSA) is 68.7 Å². The van der Waals surface area contributed by atoms with Gasteiger partial charge < -0.3 is 14.6 Å². The van der Waals surface area contributed by atoms with Gasteiger partial charge >= 0.3 is 5.97 Å². The molecular formula is C24H23NO4. The van der Waals surface area contributed by atoms with E-state index >= 15 is 0 Å². The van der Waals surface area contributed by atoms with Gasteiger partial charge in [-0.2, -0.15) is 0 Å². The number of hydrogen-bond acceptors (Lipinski definition) is 4. The first kappa shape index (κ1) is 19.0. The van der Waals surface area contributed by atoms with Crippen molar-refractivity contribution in [1.29, 1.82) is 0 Å². The predicted octanol–water partition coefficient (Wildman–Crippen LogP) is 5.07. The van der Waals surface area contributed by atoms with Crippen molar-refractivity contribution in [3.8, 4) is 11.5 Å². The van der Waals surface area contributed by atoms with Crippen LogP contribution in [0.15, 0.2) is 42.5 Å². The smallest absolute Gasteiger partial charge is 0.336 e. The summed E-state index contributed by atoms with van der Waals surface area (Å²) in [7, 11) is 3.23. The molecule has 148 valence electrons. The van der Waals surface area contributed by atoms with Gasteiger partial charge in [-0.25, -0.2) is 9.78 Å². The highest BCUT2D eigenvalue weighted by Crippen LogP contribution is 2.40. The number of para-hydroxylation sites is 2. The maximum absolute atomic E-state index is 12.2. The van der Waals surface area contributed by atoms with Crippen LogP contribution in [0.1, 0.15) is 40.5 Å². The number of allylic oxidation sites excluding steroid dienone is 1. The van der Waals surface area contributed by atoms with Crippen LogP contribution >= 0.6 is 0 Å². The van der Waals surface area contributed by atoms with Gasteiger partial charge in [0.05, 0.1) is 31.0 Å². The summed E-state index contributed by atoms with van der Waals surface area (Å²) in [5.41, 5.74) is 4.53. The first-order valence-electron chi connectivity index (χ1n) is 9.60. The minimum atomic E-state index is -0.910. The number of pyridine rings is 1. The molecule has 0 saturated carbocycles. The van der Waals surface area contributed by atoms with Gasteiger partial charge in [0.15, 0.2) is 11.5 Å². The lowest BCUT2D eigenvalue weighted by molar-refractivity contribution is 0.0697. The highest BCUT2D eigenvalue weighted by atomic mass is 16.5. The Morgan fingerprint density at radius 2 is 1.90 bits per heavy atom. The average Bonchev–Trinajstić information content (AvgIpc) is 2.71. The third-order valence-electron chi connectivity index (χ3n) is 5.40. The summed E-state index contributed by atoms with van der Waals surface area (Å²) in [5.74, 6) is 0.712. The highest BCUT2D eigenvalue weighted by molar-refractivity contribution is 6.06. The predicted molar refractivity (Wildman–Crippen MR) is 114 cm³/mol. The summed E-state index contributed by atoms with van der Waals surface area (Å²) in [5, 5.41) is 10.7. The zero-order valence-electron chi connectivity index (χ0n) is 16.7. The number of ether oxygens (including phenoxy) is 2. The Morgan fingerprint density at radius 1 is 1.10 bits per heavy atom. The molecule has 0 saturated heterocycles. The van der Waals surface area contributed by atoms with Crippen molar-refractivity contribution in [2.75, 3.05) is 14.2 Å². The van der Waals surface area contributed by atoms with Crippen LogP contribution in [0, 0.1) is 5.92 Å². The molecule has 5 heteroatoms. The van der Waals surface area contributed by atoms with Crippen LogP contribution in [0.3, 0.4) is 0 Å². The number of carbonyl (C=O) groups is 1. The molecular weight excluding hydrogens is 366 g/mol. The molecule has 0 spiro atoms. The third kappa shape index (κ3) is 3.33. The molecule has 0 bridgehead atoms. The molecule has 1 aliphatic carbocycles. The van der Waals surface area contributed by atoms with Gasteiger partial charge in [-0.3, -0.25) is 0 Å². The Balaban J connectivity index is 1.98. The third-order valence-corrected chi connectivity index (χ3v) is 5.40. The molecule has 1 heterocycles. The van der Waals surface area contributed by atoms with E-state index in [2.05, 4.69) is 6.92 Å². The maximum Gasteiger partial charge on any atom is 0.336 e. The van der Waals surface area contributed by atoms with Crippen LogP contribution in [0.4, 0.5) is 0 Å². The van der Waals surface area contributed by atoms with Gasteiger partial charge in [0.2, 0.25) is 0 Å². The number of methoxy groups -OCH3 is 2. The summed E-state index contributed by atoms with van der Waals surface area (Å²) < 4.78 is 11.0. The van der Waals surface area contributed by atoms with Crippen LogP contribution in [0.5, 0.6) is 11.5 Å². The summed E-state index contributed by atoms with van der Waals surface area (Å²) in [6.45, 7) is 2.14. The highest BCUT2D eigenvalue weighted by Gasteiger charge is 2.28. The Morgan fingerprint density at radius 3 is 2.62 bits per heavy atom. The molecule has 2 aromatic carbocycles. The number of benzene rings is 2. The Hall–Kier alpha value is -3.34. The van der Waals surface area contributed by atoms with E-state index < -0.39 is 5.97 Å². The number of aromatic carboxylic acids is 1. The maximum atomic E-state index is 12.2. The van der Waals surface area contributed by atoms with Crippen molar-refractivity contribution in [2.45, 2.75) is 19.8 Å². The number of carboxylic acids is 1. The van der Waals surface area contributed by atoms with Crippen molar-refractivity contribution in [1.82, 2.24) is 4.98 Å². The van der Waals surface area contributed by atoms with E-state index in [9.17, 15) is 9.90 Å². The van der Waals surface area contributed by atoms with E-state index in [-0.39, 0.29) is 0 Å². The van der Waals surface area contributed by atoms with Gasteiger partial charge in [0, 0.05) is 10.9 Å². The van der Waals surface area contributed by atoms with E-state index in [1.54, 1.807) is 14.2 Å². The molecule has 5 nitrogen and oxygen atoms in total. The van der Waals surface area contributed by atoms with Crippen molar-refractivity contribution in [3.63, 3.8) is 0 Å². The van der Waals surface area contributed by atoms with Gasteiger partial charge in [-0.05, 0) is 48.1 Å². The van der Waals surface area contributed by atoms with E-state index in [0.717, 1.165) is 28.8 Å². The second kappa shape index (κ2) is 7.59. The van der Waals surface area contributed by atoms with Crippen molar-refractivity contribution < 1.29 is 19.4 Å². The van der Waals surface area contributed by atoms with Crippen LogP contribution in [-0.4, -0.2) is 30.3 Å². The lowest BCUT2D eigenvalue weighted by Gasteiger charge is -2.26. The van der Waals surface area contributed by atoms with Gasteiger partial charge in [0.1, 0.15) is 0 Å². The van der Waals surface area contributed by atoms with Gasteiger partial charge in [0.25, 0.3) is 0 Å². The van der Waals surface area contributed by atoms with E-state index in [0.29, 0.717) is 40.3 Å². The second-order valence-corrected chi connectivity index (χ2v) is 7.40. The summed E-state index contributed by atoms with van der Waals surface area (Å²) in [4.78, 5) is 17.0. The number of carboxylic acid groups (broad SMARTS) is 1. The van der Waals surface area contributed by atoms with Crippen LogP contribution in [-0.2, 0) is 6.42 Å². The second-order valence-electron chi connectivity index (χ2n) is 7.40. The van der Waals surface area contributed by atoms with Gasteiger partial charge in [-0.1, -0.05) is 37.3 Å². The van der Waals surface area contributed by atoms with Gasteiger partial charge in [-0.15, -0.1) is 0 Å². The van der Waals surface area contributed by atoms with Crippen LogP contribution in [0.25, 0.3) is 22.6 Å². The van der Waals surface area contributed by atoms with Crippen LogP contribution in [0.2, 0.25) is 0 Å². The number of nitrogens with zero attached hydrogens (tertiary/aromatic N) is 1. The number of rotatable bonds is 4. The zero-order chi connectivity index (χ0) is 20.5. The fourth-order valence-electron chi connectivity index (χ4n) is 4.19. The number of aromatic nitrogens is 1. The largest absolute Gasteiger partial charge is 0.493 e. The lowest BCUT2D eigenvalue weighted by Crippen LogP contribution is -2.17.